The number of nitrogens with one attached hydrogen (secondary N) is 1. The molecule has 30 heavy (non-hydrogen) atoms. The van der Waals surface area contributed by atoms with Crippen molar-refractivity contribution in [1.29, 1.82) is 0 Å². The molecule has 1 heterocycles. The van der Waals surface area contributed by atoms with Gasteiger partial charge in [-0.2, -0.15) is 0 Å². The van der Waals surface area contributed by atoms with Crippen LogP contribution in [0.25, 0.3) is 17.5 Å². The van der Waals surface area contributed by atoms with Crippen LogP contribution in [-0.4, -0.2) is 37.4 Å². The van der Waals surface area contributed by atoms with Crippen LogP contribution in [-0.2, 0) is 4.79 Å². The number of methoxy groups -OCH3 is 3. The summed E-state index contributed by atoms with van der Waals surface area (Å²) >= 11 is 0. The van der Waals surface area contributed by atoms with Crippen LogP contribution in [0.2, 0.25) is 0 Å². The monoisotopic (exact) mass is 409 g/mol. The first-order valence-corrected chi connectivity index (χ1v) is 9.14. The molecule has 0 saturated heterocycles. The summed E-state index contributed by atoms with van der Waals surface area (Å²) in [6, 6.07) is 9.42. The van der Waals surface area contributed by atoms with Crippen LogP contribution in [0.1, 0.15) is 16.7 Å². The van der Waals surface area contributed by atoms with Crippen molar-refractivity contribution >= 4 is 18.0 Å². The smallest absolute Gasteiger partial charge is 0.322 e. The summed E-state index contributed by atoms with van der Waals surface area (Å²) < 4.78 is 21.5. The molecule has 8 heteroatoms. The molecule has 156 valence electrons. The molecule has 0 radical (unpaired) electrons. The second-order valence-electron chi connectivity index (χ2n) is 6.57. The van der Waals surface area contributed by atoms with E-state index in [9.17, 15) is 4.79 Å². The molecule has 0 bridgehead atoms. The largest absolute Gasteiger partial charge is 0.493 e. The fourth-order valence-corrected chi connectivity index (χ4v) is 3.01. The van der Waals surface area contributed by atoms with E-state index in [-0.39, 0.29) is 6.01 Å². The van der Waals surface area contributed by atoms with E-state index in [4.69, 9.17) is 18.6 Å². The van der Waals surface area contributed by atoms with E-state index in [1.54, 1.807) is 18.2 Å². The van der Waals surface area contributed by atoms with Crippen molar-refractivity contribution in [3.8, 4) is 28.7 Å². The fraction of sp³-hybridized carbons (Fsp3) is 0.227. The summed E-state index contributed by atoms with van der Waals surface area (Å²) in [5, 5.41) is 10.4. The van der Waals surface area contributed by atoms with Gasteiger partial charge in [0, 0.05) is 11.6 Å². The second kappa shape index (κ2) is 9.13. The fourth-order valence-electron chi connectivity index (χ4n) is 3.01. The topological polar surface area (TPSA) is 95.7 Å². The quantitative estimate of drug-likeness (QED) is 0.589. The SMILES string of the molecule is COc1cc(/C=C/C(=O)Nc2nnc(-c3cc(C)cc(C)c3)o2)cc(OC)c1OC. The number of aromatic nitrogens is 2. The molecule has 0 spiro atoms. The van der Waals surface area contributed by atoms with Crippen LogP contribution in [0, 0.1) is 13.8 Å². The zero-order chi connectivity index (χ0) is 21.7. The van der Waals surface area contributed by atoms with Gasteiger partial charge in [0.15, 0.2) is 11.5 Å². The molecule has 0 aliphatic heterocycles. The number of rotatable bonds is 7. The number of aryl methyl sites for hydroxylation is 2. The minimum absolute atomic E-state index is 0.0173. The van der Waals surface area contributed by atoms with Crippen molar-refractivity contribution in [1.82, 2.24) is 10.2 Å². The van der Waals surface area contributed by atoms with Gasteiger partial charge in [-0.1, -0.05) is 22.3 Å². The Bertz CT molecular complexity index is 1040. The van der Waals surface area contributed by atoms with Gasteiger partial charge < -0.3 is 18.6 Å². The number of hydrogen-bond donors (Lipinski definition) is 1. The van der Waals surface area contributed by atoms with Crippen molar-refractivity contribution in [3.05, 3.63) is 53.1 Å². The Morgan fingerprint density at radius 1 is 0.933 bits per heavy atom. The van der Waals surface area contributed by atoms with E-state index in [2.05, 4.69) is 21.6 Å². The number of benzene rings is 2. The first kappa shape index (κ1) is 20.9. The van der Waals surface area contributed by atoms with Crippen LogP contribution in [0.3, 0.4) is 0 Å². The molecule has 1 amide bonds. The summed E-state index contributed by atoms with van der Waals surface area (Å²) in [4.78, 5) is 12.3. The first-order valence-electron chi connectivity index (χ1n) is 9.14. The van der Waals surface area contributed by atoms with Gasteiger partial charge in [0.1, 0.15) is 0 Å². The number of nitrogens with zero attached hydrogens (tertiary/aromatic N) is 2. The van der Waals surface area contributed by atoms with Gasteiger partial charge in [0.25, 0.3) is 5.91 Å². The highest BCUT2D eigenvalue weighted by atomic mass is 16.5. The number of ether oxygens (including phenoxy) is 3. The lowest BCUT2D eigenvalue weighted by Crippen LogP contribution is -2.07. The highest BCUT2D eigenvalue weighted by molar-refractivity contribution is 6.00. The Balaban J connectivity index is 1.73. The molecule has 0 atom stereocenters. The van der Waals surface area contributed by atoms with E-state index < -0.39 is 5.91 Å². The highest BCUT2D eigenvalue weighted by Crippen LogP contribution is 2.38. The Hall–Kier alpha value is -3.81. The Morgan fingerprint density at radius 2 is 1.57 bits per heavy atom. The van der Waals surface area contributed by atoms with Crippen molar-refractivity contribution in [2.24, 2.45) is 0 Å². The average molecular weight is 409 g/mol. The molecule has 1 aromatic heterocycles. The maximum absolute atomic E-state index is 12.3. The van der Waals surface area contributed by atoms with Crippen LogP contribution in [0.5, 0.6) is 17.2 Å². The minimum atomic E-state index is -0.417. The molecule has 1 N–H and O–H groups in total. The van der Waals surface area contributed by atoms with E-state index >= 15 is 0 Å². The van der Waals surface area contributed by atoms with E-state index in [0.717, 1.165) is 16.7 Å². The molecule has 8 nitrogen and oxygen atoms in total. The van der Waals surface area contributed by atoms with Crippen LogP contribution >= 0.6 is 0 Å². The van der Waals surface area contributed by atoms with Gasteiger partial charge >= 0.3 is 6.01 Å². The van der Waals surface area contributed by atoms with Crippen LogP contribution < -0.4 is 19.5 Å². The number of hydrogen-bond acceptors (Lipinski definition) is 7. The third-order valence-electron chi connectivity index (χ3n) is 4.24. The summed E-state index contributed by atoms with van der Waals surface area (Å²) in [6.45, 7) is 3.98. The molecule has 0 fully saturated rings. The molecular formula is C22H23N3O5. The lowest BCUT2D eigenvalue weighted by Gasteiger charge is -2.12. The van der Waals surface area contributed by atoms with Gasteiger partial charge in [-0.3, -0.25) is 10.1 Å². The standard InChI is InChI=1S/C22H23N3O5/c1-13-8-14(2)10-16(9-13)21-24-25-22(30-21)23-19(26)7-6-15-11-17(27-3)20(29-5)18(12-15)28-4/h6-12H,1-5H3,(H,23,25,26)/b7-6+. The molecular weight excluding hydrogens is 386 g/mol. The zero-order valence-electron chi connectivity index (χ0n) is 17.5. The van der Waals surface area contributed by atoms with E-state index in [1.807, 2.05) is 26.0 Å². The predicted octanol–water partition coefficient (Wildman–Crippen LogP) is 4.03. The summed E-state index contributed by atoms with van der Waals surface area (Å²) in [7, 11) is 4.58. The highest BCUT2D eigenvalue weighted by Gasteiger charge is 2.13. The number of anilines is 1. The minimum Gasteiger partial charge on any atom is -0.493 e. The number of carbonyl (C=O) groups excluding carboxylic acids is 1. The molecule has 3 rings (SSSR count). The normalized spacial score (nSPS) is 10.8. The third kappa shape index (κ3) is 4.78. The van der Waals surface area contributed by atoms with Gasteiger partial charge in [-0.05, 0) is 49.8 Å². The lowest BCUT2D eigenvalue weighted by atomic mass is 10.1. The predicted molar refractivity (Wildman–Crippen MR) is 113 cm³/mol. The van der Waals surface area contributed by atoms with Crippen molar-refractivity contribution in [3.63, 3.8) is 0 Å². The van der Waals surface area contributed by atoms with Gasteiger partial charge in [-0.15, -0.1) is 5.10 Å². The summed E-state index contributed by atoms with van der Waals surface area (Å²) in [6.07, 6.45) is 2.96. The average Bonchev–Trinajstić information content (AvgIpc) is 3.19. The first-order chi connectivity index (χ1) is 14.4. The Morgan fingerprint density at radius 3 is 2.13 bits per heavy atom. The van der Waals surface area contributed by atoms with Gasteiger partial charge in [-0.25, -0.2) is 0 Å². The van der Waals surface area contributed by atoms with E-state index in [1.165, 1.54) is 27.4 Å². The van der Waals surface area contributed by atoms with Gasteiger partial charge in [0.05, 0.1) is 21.3 Å². The lowest BCUT2D eigenvalue weighted by molar-refractivity contribution is -0.112. The van der Waals surface area contributed by atoms with Crippen molar-refractivity contribution < 1.29 is 23.4 Å². The summed E-state index contributed by atoms with van der Waals surface area (Å²) in [5.74, 6) is 1.38. The molecule has 2 aromatic carbocycles. The zero-order valence-corrected chi connectivity index (χ0v) is 17.5. The Labute approximate surface area is 174 Å². The molecule has 3 aromatic rings. The van der Waals surface area contributed by atoms with Gasteiger partial charge in [0.2, 0.25) is 11.6 Å². The maximum Gasteiger partial charge on any atom is 0.322 e. The Kier molecular flexibility index (Phi) is 6.36. The molecule has 0 unspecified atom stereocenters. The summed E-state index contributed by atoms with van der Waals surface area (Å²) in [5.41, 5.74) is 3.67. The van der Waals surface area contributed by atoms with Crippen LogP contribution in [0.4, 0.5) is 6.01 Å². The number of carbonyl (C=O) groups is 1. The maximum atomic E-state index is 12.3. The third-order valence-corrected chi connectivity index (χ3v) is 4.24. The molecule has 0 aliphatic carbocycles. The number of amides is 1. The molecule has 0 saturated carbocycles. The van der Waals surface area contributed by atoms with E-state index in [0.29, 0.717) is 28.7 Å². The van der Waals surface area contributed by atoms with Crippen molar-refractivity contribution in [2.45, 2.75) is 13.8 Å². The van der Waals surface area contributed by atoms with Crippen LogP contribution in [0.15, 0.2) is 40.8 Å². The second-order valence-corrected chi connectivity index (χ2v) is 6.57. The molecule has 0 aliphatic rings. The van der Waals surface area contributed by atoms with Crippen molar-refractivity contribution in [2.75, 3.05) is 26.6 Å².